The van der Waals surface area contributed by atoms with Crippen LogP contribution in [-0.4, -0.2) is 44.4 Å². The Balaban J connectivity index is 1.36. The largest absolute Gasteiger partial charge is 0.347 e. The van der Waals surface area contributed by atoms with Crippen LogP contribution in [0.15, 0.2) is 65.6 Å². The van der Waals surface area contributed by atoms with E-state index in [0.717, 1.165) is 47.4 Å². The minimum Gasteiger partial charge on any atom is -0.347 e. The molecule has 3 aromatic carbocycles. The molecular formula is C28H29NO6S. The molecule has 3 aromatic rings. The van der Waals surface area contributed by atoms with E-state index in [2.05, 4.69) is 5.32 Å². The number of fused-ring (bicyclic) bond motifs is 2. The molecule has 1 N–H and O–H groups in total. The Morgan fingerprint density at radius 1 is 1.06 bits per heavy atom. The predicted octanol–water partition coefficient (Wildman–Crippen LogP) is 4.14. The van der Waals surface area contributed by atoms with Crippen molar-refractivity contribution >= 4 is 32.8 Å². The summed E-state index contributed by atoms with van der Waals surface area (Å²) in [6.45, 7) is 3.35. The number of hydrogen-bond acceptors (Lipinski definition) is 6. The third kappa shape index (κ3) is 4.93. The van der Waals surface area contributed by atoms with Gasteiger partial charge in [0.25, 0.3) is 5.91 Å². The van der Waals surface area contributed by atoms with Gasteiger partial charge in [-0.25, -0.2) is 8.42 Å². The maximum atomic E-state index is 13.4. The number of rotatable bonds is 6. The summed E-state index contributed by atoms with van der Waals surface area (Å²) in [5, 5.41) is 4.82. The lowest BCUT2D eigenvalue weighted by atomic mass is 9.86. The number of amides is 1. The SMILES string of the molecule is CC1(C)O[C@H](CS(=O)(=O)c2ccc3ccccc3c2)[C@H](C(=O)N[C@@H]2CCCc3cc(C=O)ccc32)O1. The molecule has 0 radical (unpaired) electrons. The summed E-state index contributed by atoms with van der Waals surface area (Å²) < 4.78 is 38.5. The van der Waals surface area contributed by atoms with Crippen molar-refractivity contribution in [3.8, 4) is 0 Å². The van der Waals surface area contributed by atoms with Crippen molar-refractivity contribution in [2.75, 3.05) is 5.75 Å². The molecular weight excluding hydrogens is 478 g/mol. The number of sulfone groups is 1. The summed E-state index contributed by atoms with van der Waals surface area (Å²) in [5.41, 5.74) is 2.61. The molecule has 0 saturated carbocycles. The van der Waals surface area contributed by atoms with Gasteiger partial charge in [-0.3, -0.25) is 9.59 Å². The van der Waals surface area contributed by atoms with Crippen molar-refractivity contribution < 1.29 is 27.5 Å². The van der Waals surface area contributed by atoms with Crippen LogP contribution in [0, 0.1) is 0 Å². The van der Waals surface area contributed by atoms with Crippen molar-refractivity contribution in [1.82, 2.24) is 5.32 Å². The summed E-state index contributed by atoms with van der Waals surface area (Å²) >= 11 is 0. The molecule has 1 amide bonds. The Morgan fingerprint density at radius 3 is 2.61 bits per heavy atom. The number of nitrogens with one attached hydrogen (secondary N) is 1. The first-order valence-corrected chi connectivity index (χ1v) is 13.8. The molecule has 0 aromatic heterocycles. The molecule has 1 saturated heterocycles. The lowest BCUT2D eigenvalue weighted by Crippen LogP contribution is -2.45. The Morgan fingerprint density at radius 2 is 1.83 bits per heavy atom. The average molecular weight is 508 g/mol. The molecule has 1 aliphatic heterocycles. The number of benzene rings is 3. The van der Waals surface area contributed by atoms with Crippen molar-refractivity contribution in [3.05, 3.63) is 77.4 Å². The smallest absolute Gasteiger partial charge is 0.252 e. The van der Waals surface area contributed by atoms with Gasteiger partial charge in [-0.15, -0.1) is 0 Å². The first-order chi connectivity index (χ1) is 17.1. The van der Waals surface area contributed by atoms with E-state index >= 15 is 0 Å². The molecule has 1 aliphatic carbocycles. The van der Waals surface area contributed by atoms with E-state index in [1.165, 1.54) is 0 Å². The van der Waals surface area contributed by atoms with Crippen LogP contribution in [0.4, 0.5) is 0 Å². The zero-order chi connectivity index (χ0) is 25.5. The van der Waals surface area contributed by atoms with E-state index in [0.29, 0.717) is 5.56 Å². The molecule has 188 valence electrons. The van der Waals surface area contributed by atoms with Gasteiger partial charge >= 0.3 is 0 Å². The van der Waals surface area contributed by atoms with Crippen LogP contribution in [-0.2, 0) is 30.5 Å². The van der Waals surface area contributed by atoms with Crippen LogP contribution < -0.4 is 5.32 Å². The fourth-order valence-corrected chi connectivity index (χ4v) is 6.61. The van der Waals surface area contributed by atoms with Gasteiger partial charge in [0.2, 0.25) is 0 Å². The topological polar surface area (TPSA) is 98.8 Å². The van der Waals surface area contributed by atoms with Crippen LogP contribution in [0.1, 0.15) is 54.2 Å². The fourth-order valence-electron chi connectivity index (χ4n) is 5.16. The standard InChI is InChI=1S/C28H29NO6S/c1-28(2)34-25(17-36(32,33)22-12-11-19-6-3-4-7-20(19)15-22)26(35-28)27(31)29-24-9-5-8-21-14-18(16-30)10-13-23(21)24/h3-4,6-7,10-16,24-26H,5,8-9,17H2,1-2H3,(H,29,31)/t24-,25-,26-/m1/s1. The summed E-state index contributed by atoms with van der Waals surface area (Å²) in [5.74, 6) is -1.89. The van der Waals surface area contributed by atoms with E-state index in [9.17, 15) is 18.0 Å². The zero-order valence-electron chi connectivity index (χ0n) is 20.3. The highest BCUT2D eigenvalue weighted by Gasteiger charge is 2.47. The average Bonchev–Trinajstić information content (AvgIpc) is 3.16. The van der Waals surface area contributed by atoms with Gasteiger partial charge in [-0.05, 0) is 73.2 Å². The molecule has 5 rings (SSSR count). The second-order valence-corrected chi connectivity index (χ2v) is 11.9. The van der Waals surface area contributed by atoms with Gasteiger partial charge in [-0.1, -0.05) is 42.5 Å². The van der Waals surface area contributed by atoms with Crippen LogP contribution >= 0.6 is 0 Å². The van der Waals surface area contributed by atoms with Gasteiger partial charge in [0.05, 0.1) is 16.7 Å². The first kappa shape index (κ1) is 24.6. The molecule has 7 nitrogen and oxygen atoms in total. The third-order valence-electron chi connectivity index (χ3n) is 6.84. The van der Waals surface area contributed by atoms with E-state index < -0.39 is 33.7 Å². The monoisotopic (exact) mass is 507 g/mol. The van der Waals surface area contributed by atoms with Crippen LogP contribution in [0.5, 0.6) is 0 Å². The van der Waals surface area contributed by atoms with Crippen molar-refractivity contribution in [1.29, 1.82) is 0 Å². The van der Waals surface area contributed by atoms with Gasteiger partial charge in [-0.2, -0.15) is 0 Å². The normalized spacial score (nSPS) is 23.2. The molecule has 1 heterocycles. The van der Waals surface area contributed by atoms with Crippen molar-refractivity contribution in [3.63, 3.8) is 0 Å². The molecule has 8 heteroatoms. The quantitative estimate of drug-likeness (QED) is 0.504. The minimum absolute atomic E-state index is 0.181. The van der Waals surface area contributed by atoms with Gasteiger partial charge in [0.1, 0.15) is 12.4 Å². The number of carbonyl (C=O) groups excluding carboxylic acids is 2. The highest BCUT2D eigenvalue weighted by molar-refractivity contribution is 7.91. The second kappa shape index (κ2) is 9.42. The van der Waals surface area contributed by atoms with E-state index in [1.807, 2.05) is 36.4 Å². The number of carbonyl (C=O) groups is 2. The van der Waals surface area contributed by atoms with Crippen LogP contribution in [0.2, 0.25) is 0 Å². The van der Waals surface area contributed by atoms with E-state index in [1.54, 1.807) is 38.1 Å². The number of ether oxygens (including phenoxy) is 2. The van der Waals surface area contributed by atoms with Gasteiger partial charge in [0, 0.05) is 5.56 Å². The van der Waals surface area contributed by atoms with Gasteiger partial charge < -0.3 is 14.8 Å². The molecule has 3 atom stereocenters. The van der Waals surface area contributed by atoms with Crippen LogP contribution in [0.25, 0.3) is 10.8 Å². The lowest BCUT2D eigenvalue weighted by molar-refractivity contribution is -0.155. The van der Waals surface area contributed by atoms with Crippen LogP contribution in [0.3, 0.4) is 0 Å². The number of aryl methyl sites for hydroxylation is 1. The Labute approximate surface area is 210 Å². The Bertz CT molecular complexity index is 1430. The Kier molecular flexibility index (Phi) is 6.44. The molecule has 36 heavy (non-hydrogen) atoms. The van der Waals surface area contributed by atoms with Crippen molar-refractivity contribution in [2.45, 2.75) is 62.0 Å². The molecule has 0 spiro atoms. The molecule has 1 fully saturated rings. The predicted molar refractivity (Wildman–Crippen MR) is 135 cm³/mol. The maximum absolute atomic E-state index is 13.4. The van der Waals surface area contributed by atoms with Crippen molar-refractivity contribution in [2.24, 2.45) is 0 Å². The number of hydrogen-bond donors (Lipinski definition) is 1. The van der Waals surface area contributed by atoms with Gasteiger partial charge in [0.15, 0.2) is 21.7 Å². The highest BCUT2D eigenvalue weighted by Crippen LogP contribution is 2.34. The first-order valence-electron chi connectivity index (χ1n) is 12.1. The minimum atomic E-state index is -3.76. The molecule has 0 unspecified atom stereocenters. The summed E-state index contributed by atoms with van der Waals surface area (Å²) in [4.78, 5) is 24.7. The fraction of sp³-hybridized carbons (Fsp3) is 0.357. The highest BCUT2D eigenvalue weighted by atomic mass is 32.2. The summed E-state index contributed by atoms with van der Waals surface area (Å²) in [6, 6.07) is 17.8. The summed E-state index contributed by atoms with van der Waals surface area (Å²) in [7, 11) is -3.76. The Hall–Kier alpha value is -3.07. The van der Waals surface area contributed by atoms with E-state index in [-0.39, 0.29) is 16.7 Å². The zero-order valence-corrected chi connectivity index (χ0v) is 21.1. The number of aldehydes is 1. The summed E-state index contributed by atoms with van der Waals surface area (Å²) in [6.07, 6.45) is 1.23. The maximum Gasteiger partial charge on any atom is 0.252 e. The molecule has 0 bridgehead atoms. The molecule has 2 aliphatic rings. The second-order valence-electron chi connectivity index (χ2n) is 9.91. The van der Waals surface area contributed by atoms with E-state index in [4.69, 9.17) is 9.47 Å². The lowest BCUT2D eigenvalue weighted by Gasteiger charge is -2.28. The third-order valence-corrected chi connectivity index (χ3v) is 8.58.